The summed E-state index contributed by atoms with van der Waals surface area (Å²) in [6.45, 7) is 2.98. The summed E-state index contributed by atoms with van der Waals surface area (Å²) in [6.07, 6.45) is 0.481. The molecule has 4 nitrogen and oxygen atoms in total. The molecule has 1 amide bonds. The fourth-order valence-electron chi connectivity index (χ4n) is 4.35. The maximum Gasteiger partial charge on any atom is 0.251 e. The molecule has 1 aliphatic heterocycles. The Labute approximate surface area is 192 Å². The van der Waals surface area contributed by atoms with Gasteiger partial charge in [-0.2, -0.15) is 0 Å². The third-order valence-electron chi connectivity index (χ3n) is 6.15. The van der Waals surface area contributed by atoms with Crippen molar-refractivity contribution in [2.45, 2.75) is 37.6 Å². The zero-order valence-electron chi connectivity index (χ0n) is 17.8. The van der Waals surface area contributed by atoms with Gasteiger partial charge >= 0.3 is 0 Å². The van der Waals surface area contributed by atoms with Crippen LogP contribution in [-0.2, 0) is 6.54 Å². The van der Waals surface area contributed by atoms with Crippen molar-refractivity contribution in [3.63, 3.8) is 0 Å². The summed E-state index contributed by atoms with van der Waals surface area (Å²) < 4.78 is 13.3. The fourth-order valence-corrected chi connectivity index (χ4v) is 4.55. The number of carbonyl (C=O) groups is 1. The molecular weight excluding hydrogens is 427 g/mol. The van der Waals surface area contributed by atoms with Crippen molar-refractivity contribution in [3.05, 3.63) is 106 Å². The van der Waals surface area contributed by atoms with Gasteiger partial charge in [-0.1, -0.05) is 60.1 Å². The van der Waals surface area contributed by atoms with E-state index in [2.05, 4.69) is 10.2 Å². The van der Waals surface area contributed by atoms with Crippen molar-refractivity contribution in [3.8, 4) is 0 Å². The molecule has 1 heterocycles. The first-order valence-electron chi connectivity index (χ1n) is 10.7. The lowest BCUT2D eigenvalue weighted by molar-refractivity contribution is -0.0664. The molecule has 6 heteroatoms. The van der Waals surface area contributed by atoms with Crippen molar-refractivity contribution in [2.75, 3.05) is 6.54 Å². The minimum Gasteiger partial charge on any atom is -0.388 e. The molecular formula is C26H26ClFN2O2. The predicted molar refractivity (Wildman–Crippen MR) is 124 cm³/mol. The molecule has 0 radical (unpaired) electrons. The van der Waals surface area contributed by atoms with E-state index in [1.807, 2.05) is 54.6 Å². The molecule has 4 rings (SSSR count). The Morgan fingerprint density at radius 3 is 2.44 bits per heavy atom. The number of hydrogen-bond donors (Lipinski definition) is 2. The Hall–Kier alpha value is -2.73. The molecule has 3 aromatic carbocycles. The van der Waals surface area contributed by atoms with Crippen LogP contribution >= 0.6 is 11.6 Å². The van der Waals surface area contributed by atoms with Gasteiger partial charge in [-0.25, -0.2) is 4.39 Å². The fraction of sp³-hybridized carbons (Fsp3) is 0.269. The Balaban J connectivity index is 1.69. The van der Waals surface area contributed by atoms with Gasteiger partial charge < -0.3 is 10.4 Å². The van der Waals surface area contributed by atoms with E-state index in [4.69, 9.17) is 11.6 Å². The van der Waals surface area contributed by atoms with E-state index in [0.717, 1.165) is 11.1 Å². The number of benzene rings is 3. The van der Waals surface area contributed by atoms with Crippen LogP contribution in [0.5, 0.6) is 0 Å². The molecule has 0 bridgehead atoms. The van der Waals surface area contributed by atoms with Gasteiger partial charge in [0.05, 0.1) is 17.7 Å². The summed E-state index contributed by atoms with van der Waals surface area (Å²) >= 11 is 6.43. The Morgan fingerprint density at radius 1 is 1.09 bits per heavy atom. The van der Waals surface area contributed by atoms with Crippen LogP contribution in [0.25, 0.3) is 0 Å². The second-order valence-corrected chi connectivity index (χ2v) is 8.89. The van der Waals surface area contributed by atoms with E-state index in [9.17, 15) is 14.3 Å². The maximum atomic E-state index is 13.3. The van der Waals surface area contributed by atoms with Crippen LogP contribution in [0.15, 0.2) is 78.9 Å². The first-order valence-corrected chi connectivity index (χ1v) is 11.0. The van der Waals surface area contributed by atoms with Gasteiger partial charge in [0.25, 0.3) is 5.91 Å². The number of amides is 1. The largest absolute Gasteiger partial charge is 0.388 e. The smallest absolute Gasteiger partial charge is 0.251 e. The van der Waals surface area contributed by atoms with Gasteiger partial charge in [0.15, 0.2) is 0 Å². The van der Waals surface area contributed by atoms with Crippen molar-refractivity contribution in [1.82, 2.24) is 10.2 Å². The van der Waals surface area contributed by atoms with E-state index in [0.29, 0.717) is 30.1 Å². The highest BCUT2D eigenvalue weighted by Crippen LogP contribution is 2.38. The first-order chi connectivity index (χ1) is 15.3. The quantitative estimate of drug-likeness (QED) is 0.574. The summed E-state index contributed by atoms with van der Waals surface area (Å²) in [5.74, 6) is -0.755. The lowest BCUT2D eigenvalue weighted by Crippen LogP contribution is -2.62. The number of aliphatic hydroxyl groups is 1. The number of rotatable bonds is 5. The van der Waals surface area contributed by atoms with Crippen LogP contribution in [0, 0.1) is 5.82 Å². The van der Waals surface area contributed by atoms with Gasteiger partial charge in [0.1, 0.15) is 5.82 Å². The molecule has 3 atom stereocenters. The first kappa shape index (κ1) is 22.5. The van der Waals surface area contributed by atoms with Gasteiger partial charge in [0, 0.05) is 23.7 Å². The summed E-state index contributed by atoms with van der Waals surface area (Å²) in [5, 5.41) is 15.0. The molecule has 166 valence electrons. The summed E-state index contributed by atoms with van der Waals surface area (Å²) in [7, 11) is 0. The van der Waals surface area contributed by atoms with Crippen LogP contribution in [0.2, 0.25) is 5.02 Å². The third kappa shape index (κ3) is 4.85. The van der Waals surface area contributed by atoms with Gasteiger partial charge in [-0.05, 0) is 54.8 Å². The maximum absolute atomic E-state index is 13.3. The number of nitrogens with one attached hydrogen (secondary N) is 1. The summed E-state index contributed by atoms with van der Waals surface area (Å²) in [5.41, 5.74) is 1.19. The SMILES string of the molecule is CC1(O)CCN(Cc2ccccc2Cl)C(c2ccccc2)C1NC(=O)c1ccc(F)cc1. The van der Waals surface area contributed by atoms with Gasteiger partial charge in [-0.3, -0.25) is 9.69 Å². The molecule has 3 unspecified atom stereocenters. The Kier molecular flexibility index (Phi) is 6.60. The highest BCUT2D eigenvalue weighted by Gasteiger charge is 2.46. The van der Waals surface area contributed by atoms with E-state index in [1.54, 1.807) is 6.92 Å². The average molecular weight is 453 g/mol. The number of piperidine rings is 1. The molecule has 32 heavy (non-hydrogen) atoms. The molecule has 1 saturated heterocycles. The topological polar surface area (TPSA) is 52.6 Å². The second kappa shape index (κ2) is 9.41. The monoisotopic (exact) mass is 452 g/mol. The molecule has 0 spiro atoms. The number of likely N-dealkylation sites (tertiary alicyclic amines) is 1. The van der Waals surface area contributed by atoms with Crippen LogP contribution in [0.1, 0.15) is 40.9 Å². The van der Waals surface area contributed by atoms with E-state index < -0.39 is 17.5 Å². The molecule has 3 aromatic rings. The number of carbonyl (C=O) groups excluding carboxylic acids is 1. The summed E-state index contributed by atoms with van der Waals surface area (Å²) in [6, 6.07) is 22.1. The molecule has 0 aliphatic carbocycles. The molecule has 1 aliphatic rings. The highest BCUT2D eigenvalue weighted by molar-refractivity contribution is 6.31. The molecule has 0 saturated carbocycles. The average Bonchev–Trinajstić information content (AvgIpc) is 2.78. The Bertz CT molecular complexity index is 1070. The lowest BCUT2D eigenvalue weighted by atomic mass is 9.79. The van der Waals surface area contributed by atoms with Crippen molar-refractivity contribution < 1.29 is 14.3 Å². The van der Waals surface area contributed by atoms with Crippen molar-refractivity contribution in [1.29, 1.82) is 0 Å². The zero-order chi connectivity index (χ0) is 22.7. The van der Waals surface area contributed by atoms with Gasteiger partial charge in [-0.15, -0.1) is 0 Å². The minimum absolute atomic E-state index is 0.277. The zero-order valence-corrected chi connectivity index (χ0v) is 18.6. The molecule has 0 aromatic heterocycles. The van der Waals surface area contributed by atoms with Crippen LogP contribution in [-0.4, -0.2) is 34.1 Å². The lowest BCUT2D eigenvalue weighted by Gasteiger charge is -2.49. The van der Waals surface area contributed by atoms with E-state index in [-0.39, 0.29) is 11.9 Å². The number of nitrogens with zero attached hydrogens (tertiary/aromatic N) is 1. The highest BCUT2D eigenvalue weighted by atomic mass is 35.5. The van der Waals surface area contributed by atoms with Crippen molar-refractivity contribution in [2.24, 2.45) is 0 Å². The van der Waals surface area contributed by atoms with Crippen molar-refractivity contribution >= 4 is 17.5 Å². The minimum atomic E-state index is -1.13. The second-order valence-electron chi connectivity index (χ2n) is 8.48. The normalized spacial score (nSPS) is 23.6. The van der Waals surface area contributed by atoms with Crippen LogP contribution < -0.4 is 5.32 Å². The van der Waals surface area contributed by atoms with E-state index in [1.165, 1.54) is 24.3 Å². The Morgan fingerprint density at radius 2 is 1.75 bits per heavy atom. The van der Waals surface area contributed by atoms with Crippen LogP contribution in [0.4, 0.5) is 4.39 Å². The summed E-state index contributed by atoms with van der Waals surface area (Å²) in [4.78, 5) is 15.3. The standard InChI is InChI=1S/C26H26ClFN2O2/c1-26(32)15-16-30(17-20-9-5-6-10-22(20)27)23(18-7-3-2-4-8-18)24(26)29-25(31)19-11-13-21(28)14-12-19/h2-14,23-24,32H,15-17H2,1H3,(H,29,31). The van der Waals surface area contributed by atoms with E-state index >= 15 is 0 Å². The number of hydrogen-bond acceptors (Lipinski definition) is 3. The predicted octanol–water partition coefficient (Wildman–Crippen LogP) is 4.98. The third-order valence-corrected chi connectivity index (χ3v) is 6.52. The van der Waals surface area contributed by atoms with Crippen LogP contribution in [0.3, 0.4) is 0 Å². The van der Waals surface area contributed by atoms with Gasteiger partial charge in [0.2, 0.25) is 0 Å². The number of halogens is 2. The molecule has 2 N–H and O–H groups in total. The molecule has 1 fully saturated rings.